The number of carbonyl (C=O) groups is 2. The molecule has 2 unspecified atom stereocenters. The standard InChI is InChI=1S/C36H34F3NO2/c1-20(2)30-15-29(28-9-5-7-22-12-21-6-3-4-8-27(21)33(22)28)34-31(40-30)13-23(14-32(34)42)24-16-35(17-24)18-25(36(37,38)39)10-11-26(35)19-41/h3-11,15,19-20,23-24,29,40H,12-14,16-18H2,1-2H3. The maximum absolute atomic E-state index is 14.0. The Hall–Kier alpha value is -3.67. The predicted octanol–water partition coefficient (Wildman–Crippen LogP) is 8.13. The number of aldehydes is 1. The Bertz CT molecular complexity index is 1630. The minimum atomic E-state index is -4.40. The van der Waals surface area contributed by atoms with E-state index >= 15 is 0 Å². The van der Waals surface area contributed by atoms with E-state index in [1.807, 2.05) is 0 Å². The molecule has 216 valence electrons. The van der Waals surface area contributed by atoms with Crippen molar-refractivity contribution in [3.05, 3.63) is 105 Å². The van der Waals surface area contributed by atoms with E-state index in [0.29, 0.717) is 31.3 Å². The molecule has 5 aliphatic rings. The Kier molecular flexibility index (Phi) is 6.27. The summed E-state index contributed by atoms with van der Waals surface area (Å²) in [5.41, 5.74) is 8.22. The van der Waals surface area contributed by atoms with Gasteiger partial charge in [-0.25, -0.2) is 0 Å². The van der Waals surface area contributed by atoms with Crippen molar-refractivity contribution in [2.75, 3.05) is 0 Å². The molecule has 1 spiro atoms. The monoisotopic (exact) mass is 569 g/mol. The first kappa shape index (κ1) is 27.2. The van der Waals surface area contributed by atoms with Gasteiger partial charge < -0.3 is 5.32 Å². The van der Waals surface area contributed by atoms with Crippen molar-refractivity contribution < 1.29 is 22.8 Å². The van der Waals surface area contributed by atoms with Crippen LogP contribution in [0, 0.1) is 23.2 Å². The smallest absolute Gasteiger partial charge is 0.362 e. The van der Waals surface area contributed by atoms with E-state index in [1.54, 1.807) is 0 Å². The Morgan fingerprint density at radius 1 is 0.976 bits per heavy atom. The summed E-state index contributed by atoms with van der Waals surface area (Å²) in [5.74, 6) is 0.345. The van der Waals surface area contributed by atoms with Crippen LogP contribution in [0.25, 0.3) is 11.1 Å². The van der Waals surface area contributed by atoms with Gasteiger partial charge in [0.05, 0.1) is 0 Å². The maximum Gasteiger partial charge on any atom is 0.412 e. The summed E-state index contributed by atoms with van der Waals surface area (Å²) < 4.78 is 40.7. The van der Waals surface area contributed by atoms with E-state index in [0.717, 1.165) is 41.3 Å². The lowest BCUT2D eigenvalue weighted by Gasteiger charge is -2.53. The summed E-state index contributed by atoms with van der Waals surface area (Å²) in [7, 11) is 0. The SMILES string of the molecule is CC(C)C1=CC(c2cccc3c2-c2ccccc2C3)C2=C(CC(C3CC4(CC(C(F)(F)F)=CC=C4C=O)C3)CC2=O)N1. The molecule has 1 saturated carbocycles. The van der Waals surface area contributed by atoms with Crippen LogP contribution in [0.3, 0.4) is 0 Å². The lowest BCUT2D eigenvalue weighted by molar-refractivity contribution is -0.120. The van der Waals surface area contributed by atoms with Gasteiger partial charge in [0, 0.05) is 40.3 Å². The minimum Gasteiger partial charge on any atom is -0.362 e. The highest BCUT2D eigenvalue weighted by molar-refractivity contribution is 6.00. The molecule has 6 heteroatoms. The quantitative estimate of drug-likeness (QED) is 0.323. The van der Waals surface area contributed by atoms with Gasteiger partial charge in [-0.1, -0.05) is 74.5 Å². The first-order valence-electron chi connectivity index (χ1n) is 15.0. The van der Waals surface area contributed by atoms with E-state index < -0.39 is 17.2 Å². The fourth-order valence-corrected chi connectivity index (χ4v) is 8.22. The number of hydrogen-bond donors (Lipinski definition) is 1. The van der Waals surface area contributed by atoms with Crippen LogP contribution >= 0.6 is 0 Å². The van der Waals surface area contributed by atoms with Gasteiger partial charge in [-0.3, -0.25) is 9.59 Å². The molecule has 1 fully saturated rings. The van der Waals surface area contributed by atoms with E-state index in [9.17, 15) is 22.8 Å². The summed E-state index contributed by atoms with van der Waals surface area (Å²) in [6.07, 6.45) is 3.76. The van der Waals surface area contributed by atoms with E-state index in [2.05, 4.69) is 67.7 Å². The molecule has 7 rings (SSSR count). The van der Waals surface area contributed by atoms with E-state index in [4.69, 9.17) is 0 Å². The zero-order chi connectivity index (χ0) is 29.4. The Morgan fingerprint density at radius 3 is 2.48 bits per heavy atom. The number of hydrogen-bond acceptors (Lipinski definition) is 3. The number of nitrogens with one attached hydrogen (secondary N) is 1. The van der Waals surface area contributed by atoms with Gasteiger partial charge in [0.25, 0.3) is 0 Å². The molecule has 1 aliphatic heterocycles. The number of Topliss-reactive ketones (excluding diaryl/α,β-unsaturated/α-hetero) is 1. The largest absolute Gasteiger partial charge is 0.412 e. The van der Waals surface area contributed by atoms with Crippen molar-refractivity contribution in [1.29, 1.82) is 0 Å². The van der Waals surface area contributed by atoms with Gasteiger partial charge in [-0.05, 0) is 83.2 Å². The van der Waals surface area contributed by atoms with Crippen LogP contribution in [0.1, 0.15) is 68.6 Å². The molecule has 0 amide bonds. The topological polar surface area (TPSA) is 46.2 Å². The lowest BCUT2D eigenvalue weighted by Crippen LogP contribution is -2.47. The van der Waals surface area contributed by atoms with Crippen LogP contribution in [0.4, 0.5) is 13.2 Å². The highest BCUT2D eigenvalue weighted by Crippen LogP contribution is 2.61. The zero-order valence-electron chi connectivity index (χ0n) is 23.9. The van der Waals surface area contributed by atoms with Crippen LogP contribution in [-0.4, -0.2) is 18.2 Å². The van der Waals surface area contributed by atoms with Crippen LogP contribution in [-0.2, 0) is 16.0 Å². The second-order valence-corrected chi connectivity index (χ2v) is 13.1. The molecule has 2 aromatic rings. The Balaban J connectivity index is 1.20. The van der Waals surface area contributed by atoms with Crippen LogP contribution < -0.4 is 5.32 Å². The third kappa shape index (κ3) is 4.25. The van der Waals surface area contributed by atoms with Gasteiger partial charge in [0.2, 0.25) is 0 Å². The van der Waals surface area contributed by atoms with E-state index in [-0.39, 0.29) is 35.9 Å². The summed E-state index contributed by atoms with van der Waals surface area (Å²) in [6, 6.07) is 14.9. The number of carbonyl (C=O) groups excluding carboxylic acids is 2. The maximum atomic E-state index is 14.0. The van der Waals surface area contributed by atoms with Crippen LogP contribution in [0.2, 0.25) is 0 Å². The van der Waals surface area contributed by atoms with Gasteiger partial charge in [-0.15, -0.1) is 0 Å². The van der Waals surface area contributed by atoms with Crippen molar-refractivity contribution in [3.8, 4) is 11.1 Å². The van der Waals surface area contributed by atoms with Crippen LogP contribution in [0.15, 0.2) is 88.8 Å². The highest BCUT2D eigenvalue weighted by atomic mass is 19.4. The molecule has 0 radical (unpaired) electrons. The van der Waals surface area contributed by atoms with Crippen molar-refractivity contribution in [2.24, 2.45) is 23.2 Å². The normalized spacial score (nSPS) is 28.3. The average Bonchev–Trinajstić information content (AvgIpc) is 3.33. The molecule has 42 heavy (non-hydrogen) atoms. The van der Waals surface area contributed by atoms with Crippen molar-refractivity contribution in [3.63, 3.8) is 0 Å². The van der Waals surface area contributed by atoms with E-state index in [1.165, 1.54) is 28.3 Å². The Morgan fingerprint density at radius 2 is 1.74 bits per heavy atom. The summed E-state index contributed by atoms with van der Waals surface area (Å²) in [5, 5.41) is 3.62. The minimum absolute atomic E-state index is 0.0388. The fourth-order valence-electron chi connectivity index (χ4n) is 8.22. The fraction of sp³-hybridized carbons (Fsp3) is 0.389. The highest BCUT2D eigenvalue weighted by Gasteiger charge is 2.54. The van der Waals surface area contributed by atoms with Crippen molar-refractivity contribution in [2.45, 2.75) is 64.5 Å². The molecule has 1 N–H and O–H groups in total. The molecule has 0 saturated heterocycles. The van der Waals surface area contributed by atoms with Gasteiger partial charge in [-0.2, -0.15) is 13.2 Å². The zero-order valence-corrected chi connectivity index (χ0v) is 23.9. The molecular weight excluding hydrogens is 535 g/mol. The molecule has 2 aromatic carbocycles. The summed E-state index contributed by atoms with van der Waals surface area (Å²) in [4.78, 5) is 25.8. The molecule has 1 heterocycles. The van der Waals surface area contributed by atoms with Gasteiger partial charge in [0.1, 0.15) is 6.29 Å². The van der Waals surface area contributed by atoms with Crippen molar-refractivity contribution in [1.82, 2.24) is 5.32 Å². The number of dihydropyridines is 1. The number of ketones is 1. The molecule has 3 nitrogen and oxygen atoms in total. The molecule has 4 aliphatic carbocycles. The molecule has 2 atom stereocenters. The second kappa shape index (κ2) is 9.68. The summed E-state index contributed by atoms with van der Waals surface area (Å²) >= 11 is 0. The third-order valence-electron chi connectivity index (χ3n) is 10.4. The summed E-state index contributed by atoms with van der Waals surface area (Å²) in [6.45, 7) is 4.29. The predicted molar refractivity (Wildman–Crippen MR) is 156 cm³/mol. The number of halogens is 3. The Labute approximate surface area is 244 Å². The lowest BCUT2D eigenvalue weighted by atomic mass is 9.50. The molecular formula is C36H34F3NO2. The number of rotatable bonds is 4. The van der Waals surface area contributed by atoms with Crippen molar-refractivity contribution >= 4 is 12.1 Å². The molecule has 0 aromatic heterocycles. The first-order valence-corrected chi connectivity index (χ1v) is 15.0. The van der Waals surface area contributed by atoms with Gasteiger partial charge in [0.15, 0.2) is 5.78 Å². The third-order valence-corrected chi connectivity index (χ3v) is 10.4. The second-order valence-electron chi connectivity index (χ2n) is 13.1. The first-order chi connectivity index (χ1) is 20.1. The van der Waals surface area contributed by atoms with Crippen LogP contribution in [0.5, 0.6) is 0 Å². The van der Waals surface area contributed by atoms with Gasteiger partial charge >= 0.3 is 6.18 Å². The number of allylic oxidation sites excluding steroid dienone is 8. The average molecular weight is 570 g/mol. The number of benzene rings is 2. The number of alkyl halides is 3. The number of fused-ring (bicyclic) bond motifs is 3. The molecule has 0 bridgehead atoms.